The summed E-state index contributed by atoms with van der Waals surface area (Å²) >= 11 is 0. The van der Waals surface area contributed by atoms with Crippen molar-refractivity contribution in [2.45, 2.75) is 45.4 Å². The van der Waals surface area contributed by atoms with Crippen LogP contribution in [0.1, 0.15) is 55.8 Å². The molecule has 0 aliphatic carbocycles. The Kier molecular flexibility index (Phi) is 6.37. The average Bonchev–Trinajstić information content (AvgIpc) is 3.25. The first-order valence-electron chi connectivity index (χ1n) is 11.1. The van der Waals surface area contributed by atoms with Gasteiger partial charge in [-0.3, -0.25) is 9.69 Å². The SMILES string of the molecule is Cc1cccc(N2CCN(CC(=O)N3CCC(c4nc(C(C)C)no4)CC3)CC2)c1. The zero-order valence-corrected chi connectivity index (χ0v) is 18.4. The lowest BCUT2D eigenvalue weighted by molar-refractivity contribution is -0.133. The number of amides is 1. The fraction of sp³-hybridized carbons (Fsp3) is 0.609. The van der Waals surface area contributed by atoms with E-state index < -0.39 is 0 Å². The van der Waals surface area contributed by atoms with Gasteiger partial charge in [0, 0.05) is 56.8 Å². The molecule has 2 saturated heterocycles. The summed E-state index contributed by atoms with van der Waals surface area (Å²) in [7, 11) is 0. The number of hydrogen-bond acceptors (Lipinski definition) is 6. The van der Waals surface area contributed by atoms with Crippen molar-refractivity contribution in [2.75, 3.05) is 50.7 Å². The average molecular weight is 412 g/mol. The Labute approximate surface area is 179 Å². The first-order chi connectivity index (χ1) is 14.5. The van der Waals surface area contributed by atoms with Crippen molar-refractivity contribution in [2.24, 2.45) is 0 Å². The summed E-state index contributed by atoms with van der Waals surface area (Å²) in [5.41, 5.74) is 2.57. The molecule has 7 heteroatoms. The van der Waals surface area contributed by atoms with Crippen LogP contribution in [-0.2, 0) is 4.79 Å². The number of aryl methyl sites for hydroxylation is 1. The van der Waals surface area contributed by atoms with Crippen LogP contribution in [-0.4, -0.2) is 71.7 Å². The van der Waals surface area contributed by atoms with Crippen LogP contribution in [0.2, 0.25) is 0 Å². The van der Waals surface area contributed by atoms with Gasteiger partial charge in [0.2, 0.25) is 11.8 Å². The molecule has 30 heavy (non-hydrogen) atoms. The minimum absolute atomic E-state index is 0.242. The van der Waals surface area contributed by atoms with Crippen molar-refractivity contribution in [3.63, 3.8) is 0 Å². The highest BCUT2D eigenvalue weighted by Gasteiger charge is 2.29. The van der Waals surface area contributed by atoms with E-state index in [0.29, 0.717) is 6.54 Å². The van der Waals surface area contributed by atoms with Crippen molar-refractivity contribution in [3.8, 4) is 0 Å². The minimum Gasteiger partial charge on any atom is -0.369 e. The highest BCUT2D eigenvalue weighted by molar-refractivity contribution is 5.78. The van der Waals surface area contributed by atoms with Gasteiger partial charge < -0.3 is 14.3 Å². The Morgan fingerprint density at radius 2 is 1.87 bits per heavy atom. The molecule has 0 bridgehead atoms. The predicted molar refractivity (Wildman–Crippen MR) is 117 cm³/mol. The van der Waals surface area contributed by atoms with E-state index in [2.05, 4.69) is 65.0 Å². The topological polar surface area (TPSA) is 65.7 Å². The quantitative estimate of drug-likeness (QED) is 0.754. The zero-order chi connectivity index (χ0) is 21.1. The van der Waals surface area contributed by atoms with Crippen LogP contribution in [0.5, 0.6) is 0 Å². The Balaban J connectivity index is 1.22. The standard InChI is InChI=1S/C23H33N5O2/c1-17(2)22-24-23(30-25-22)19-7-9-28(10-8-19)21(29)16-26-11-13-27(14-12-26)20-6-4-5-18(3)15-20/h4-6,15,17,19H,7-14,16H2,1-3H3. The number of aromatic nitrogens is 2. The van der Waals surface area contributed by atoms with Crippen molar-refractivity contribution in [1.29, 1.82) is 0 Å². The molecule has 0 unspecified atom stereocenters. The van der Waals surface area contributed by atoms with Crippen LogP contribution in [0.25, 0.3) is 0 Å². The fourth-order valence-corrected chi connectivity index (χ4v) is 4.30. The van der Waals surface area contributed by atoms with Crippen LogP contribution >= 0.6 is 0 Å². The highest BCUT2D eigenvalue weighted by Crippen LogP contribution is 2.28. The number of benzene rings is 1. The maximum atomic E-state index is 12.8. The first kappa shape index (κ1) is 20.8. The van der Waals surface area contributed by atoms with E-state index in [-0.39, 0.29) is 17.7 Å². The molecular weight excluding hydrogens is 378 g/mol. The third-order valence-corrected chi connectivity index (χ3v) is 6.27. The van der Waals surface area contributed by atoms with E-state index in [0.717, 1.165) is 63.8 Å². The zero-order valence-electron chi connectivity index (χ0n) is 18.4. The third-order valence-electron chi connectivity index (χ3n) is 6.27. The molecular formula is C23H33N5O2. The number of piperidine rings is 1. The molecule has 3 heterocycles. The molecule has 1 aromatic carbocycles. The lowest BCUT2D eigenvalue weighted by atomic mass is 9.96. The van der Waals surface area contributed by atoms with Crippen molar-refractivity contribution < 1.29 is 9.32 Å². The van der Waals surface area contributed by atoms with E-state index >= 15 is 0 Å². The van der Waals surface area contributed by atoms with Gasteiger partial charge in [0.25, 0.3) is 0 Å². The summed E-state index contributed by atoms with van der Waals surface area (Å²) in [6.45, 7) is 12.1. The van der Waals surface area contributed by atoms with Crippen molar-refractivity contribution in [3.05, 3.63) is 41.5 Å². The molecule has 0 saturated carbocycles. The van der Waals surface area contributed by atoms with Gasteiger partial charge in [-0.25, -0.2) is 0 Å². The Hall–Kier alpha value is -2.41. The Bertz CT molecular complexity index is 849. The molecule has 0 atom stereocenters. The molecule has 1 amide bonds. The maximum absolute atomic E-state index is 12.8. The normalized spacial score (nSPS) is 18.9. The second kappa shape index (κ2) is 9.16. The molecule has 1 aromatic heterocycles. The molecule has 2 aliphatic rings. The van der Waals surface area contributed by atoms with Crippen LogP contribution in [0.4, 0.5) is 5.69 Å². The summed E-state index contributed by atoms with van der Waals surface area (Å²) in [6, 6.07) is 8.65. The molecule has 0 radical (unpaired) electrons. The van der Waals surface area contributed by atoms with Crippen LogP contribution in [0.3, 0.4) is 0 Å². The first-order valence-corrected chi connectivity index (χ1v) is 11.1. The molecule has 0 N–H and O–H groups in total. The maximum Gasteiger partial charge on any atom is 0.236 e. The van der Waals surface area contributed by atoms with Gasteiger partial charge in [0.05, 0.1) is 6.54 Å². The fourth-order valence-electron chi connectivity index (χ4n) is 4.30. The number of rotatable bonds is 5. The second-order valence-corrected chi connectivity index (χ2v) is 8.90. The lowest BCUT2D eigenvalue weighted by Crippen LogP contribution is -2.51. The molecule has 162 valence electrons. The summed E-state index contributed by atoms with van der Waals surface area (Å²) < 4.78 is 5.46. The van der Waals surface area contributed by atoms with Gasteiger partial charge in [-0.05, 0) is 37.5 Å². The van der Waals surface area contributed by atoms with Gasteiger partial charge >= 0.3 is 0 Å². The Morgan fingerprint density at radius 1 is 1.13 bits per heavy atom. The smallest absolute Gasteiger partial charge is 0.236 e. The number of nitrogens with zero attached hydrogens (tertiary/aromatic N) is 5. The summed E-state index contributed by atoms with van der Waals surface area (Å²) in [4.78, 5) is 24.1. The number of anilines is 1. The lowest BCUT2D eigenvalue weighted by Gasteiger charge is -2.37. The largest absolute Gasteiger partial charge is 0.369 e. The number of likely N-dealkylation sites (tertiary alicyclic amines) is 1. The predicted octanol–water partition coefficient (Wildman–Crippen LogP) is 3.03. The third kappa shape index (κ3) is 4.83. The van der Waals surface area contributed by atoms with Gasteiger partial charge in [-0.15, -0.1) is 0 Å². The van der Waals surface area contributed by atoms with E-state index in [4.69, 9.17) is 4.52 Å². The summed E-state index contributed by atoms with van der Waals surface area (Å²) in [5.74, 6) is 2.29. The van der Waals surface area contributed by atoms with Crippen LogP contribution in [0, 0.1) is 6.92 Å². The van der Waals surface area contributed by atoms with Gasteiger partial charge in [-0.1, -0.05) is 31.1 Å². The Morgan fingerprint density at radius 3 is 2.50 bits per heavy atom. The van der Waals surface area contributed by atoms with Crippen molar-refractivity contribution in [1.82, 2.24) is 19.9 Å². The van der Waals surface area contributed by atoms with Gasteiger partial charge in [0.15, 0.2) is 5.82 Å². The molecule has 2 fully saturated rings. The van der Waals surface area contributed by atoms with Crippen LogP contribution in [0.15, 0.2) is 28.8 Å². The van der Waals surface area contributed by atoms with Gasteiger partial charge in [0.1, 0.15) is 0 Å². The number of piperazine rings is 1. The molecule has 4 rings (SSSR count). The van der Waals surface area contributed by atoms with E-state index in [9.17, 15) is 4.79 Å². The number of hydrogen-bond donors (Lipinski definition) is 0. The second-order valence-electron chi connectivity index (χ2n) is 8.90. The molecule has 0 spiro atoms. The van der Waals surface area contributed by atoms with Gasteiger partial charge in [-0.2, -0.15) is 4.98 Å². The molecule has 2 aromatic rings. The minimum atomic E-state index is 0.242. The van der Waals surface area contributed by atoms with E-state index in [1.165, 1.54) is 11.3 Å². The summed E-state index contributed by atoms with van der Waals surface area (Å²) in [5, 5.41) is 4.08. The van der Waals surface area contributed by atoms with Crippen molar-refractivity contribution >= 4 is 11.6 Å². The molecule has 2 aliphatic heterocycles. The van der Waals surface area contributed by atoms with Crippen LogP contribution < -0.4 is 4.90 Å². The monoisotopic (exact) mass is 411 g/mol. The highest BCUT2D eigenvalue weighted by atomic mass is 16.5. The summed E-state index contributed by atoms with van der Waals surface area (Å²) in [6.07, 6.45) is 1.79. The number of carbonyl (C=O) groups excluding carboxylic acids is 1. The van der Waals surface area contributed by atoms with E-state index in [1.807, 2.05) is 4.90 Å². The van der Waals surface area contributed by atoms with E-state index in [1.54, 1.807) is 0 Å². The number of carbonyl (C=O) groups is 1. The molecule has 7 nitrogen and oxygen atoms in total.